The summed E-state index contributed by atoms with van der Waals surface area (Å²) in [6.45, 7) is 6.06. The maximum Gasteiger partial charge on any atom is 0.0476 e. The van der Waals surface area contributed by atoms with Gasteiger partial charge >= 0.3 is 0 Å². The molecule has 13 heavy (non-hydrogen) atoms. The number of hydrogen-bond donors (Lipinski definition) is 0. The van der Waals surface area contributed by atoms with Crippen LogP contribution in [0.2, 0.25) is 0 Å². The molecule has 0 amide bonds. The maximum atomic E-state index is 11.0. The Labute approximate surface area is 81.3 Å². The Morgan fingerprint density at radius 2 is 1.77 bits per heavy atom. The third-order valence-corrected chi connectivity index (χ3v) is 2.85. The number of rotatable bonds is 7. The van der Waals surface area contributed by atoms with Gasteiger partial charge in [-0.05, 0) is 19.3 Å². The van der Waals surface area contributed by atoms with Crippen molar-refractivity contribution in [2.24, 2.45) is 5.41 Å². The van der Waals surface area contributed by atoms with Gasteiger partial charge in [-0.2, -0.15) is 0 Å². The maximum absolute atomic E-state index is 11.0. The second kappa shape index (κ2) is 6.01. The normalized spacial score (nSPS) is 15.3. The molecule has 0 N–H and O–H groups in total. The van der Waals surface area contributed by atoms with Gasteiger partial charge in [0.1, 0.15) is 0 Å². The first-order valence-corrected chi connectivity index (χ1v) is 5.34. The van der Waals surface area contributed by atoms with E-state index in [-0.39, 0.29) is 0 Å². The second-order valence-electron chi connectivity index (χ2n) is 3.77. The van der Waals surface area contributed by atoms with Gasteiger partial charge in [0.25, 0.3) is 0 Å². The fourth-order valence-electron chi connectivity index (χ4n) is 1.82. The predicted molar refractivity (Wildman–Crippen MR) is 52.2 cm³/mol. The van der Waals surface area contributed by atoms with E-state index in [1.807, 2.05) is 13.8 Å². The van der Waals surface area contributed by atoms with Crippen LogP contribution in [0, 0.1) is 5.41 Å². The van der Waals surface area contributed by atoms with Crippen LogP contribution in [-0.2, 0) is 4.79 Å². The molecule has 0 heterocycles. The lowest BCUT2D eigenvalue weighted by Crippen LogP contribution is -2.42. The van der Waals surface area contributed by atoms with E-state index >= 15 is 0 Å². The molecule has 0 aromatic heterocycles. The molecule has 0 aromatic carbocycles. The third kappa shape index (κ3) is 3.37. The molecule has 0 fully saturated rings. The summed E-state index contributed by atoms with van der Waals surface area (Å²) in [5.74, 6) is -0.856. The molecule has 0 aliphatic carbocycles. The second-order valence-corrected chi connectivity index (χ2v) is 3.77. The molecular formula is C11H21O2-. The highest BCUT2D eigenvalue weighted by Crippen LogP contribution is 2.33. The van der Waals surface area contributed by atoms with Crippen LogP contribution in [0.25, 0.3) is 0 Å². The molecule has 1 atom stereocenters. The molecule has 78 valence electrons. The number of carboxylic acids is 1. The largest absolute Gasteiger partial charge is 0.550 e. The molecule has 0 bridgehead atoms. The predicted octanol–water partition coefficient (Wildman–Crippen LogP) is 2.12. The van der Waals surface area contributed by atoms with E-state index in [0.717, 1.165) is 32.1 Å². The van der Waals surface area contributed by atoms with E-state index in [4.69, 9.17) is 0 Å². The van der Waals surface area contributed by atoms with Crippen LogP contribution in [-0.4, -0.2) is 5.97 Å². The quantitative estimate of drug-likeness (QED) is 0.609. The van der Waals surface area contributed by atoms with Crippen molar-refractivity contribution in [2.75, 3.05) is 0 Å². The van der Waals surface area contributed by atoms with Crippen LogP contribution in [0.4, 0.5) is 0 Å². The summed E-state index contributed by atoms with van der Waals surface area (Å²) in [4.78, 5) is 11.0. The number of hydrogen-bond acceptors (Lipinski definition) is 2. The van der Waals surface area contributed by atoms with E-state index in [2.05, 4.69) is 6.92 Å². The van der Waals surface area contributed by atoms with Crippen LogP contribution in [0.3, 0.4) is 0 Å². The molecule has 0 spiro atoms. The van der Waals surface area contributed by atoms with Crippen LogP contribution < -0.4 is 5.11 Å². The molecule has 2 nitrogen and oxygen atoms in total. The van der Waals surface area contributed by atoms with Crippen LogP contribution in [0.15, 0.2) is 0 Å². The fraction of sp³-hybridized carbons (Fsp3) is 0.909. The molecule has 0 aromatic rings. The summed E-state index contributed by atoms with van der Waals surface area (Å²) in [5, 5.41) is 11.0. The SMILES string of the molecule is CCCCC(CC)(CCC)C(=O)[O-]. The van der Waals surface area contributed by atoms with Gasteiger partial charge in [0, 0.05) is 11.4 Å². The average Bonchev–Trinajstić information content (AvgIpc) is 2.12. The average molecular weight is 185 g/mol. The molecule has 0 radical (unpaired) electrons. The Morgan fingerprint density at radius 3 is 2.08 bits per heavy atom. The zero-order valence-electron chi connectivity index (χ0n) is 9.06. The first kappa shape index (κ1) is 12.5. The summed E-state index contributed by atoms with van der Waals surface area (Å²) < 4.78 is 0. The Kier molecular flexibility index (Phi) is 5.76. The summed E-state index contributed by atoms with van der Waals surface area (Å²) in [6, 6.07) is 0. The van der Waals surface area contributed by atoms with Crippen LogP contribution in [0.5, 0.6) is 0 Å². The molecule has 0 aliphatic heterocycles. The fourth-order valence-corrected chi connectivity index (χ4v) is 1.82. The zero-order chi connectivity index (χ0) is 10.3. The highest BCUT2D eigenvalue weighted by atomic mass is 16.4. The highest BCUT2D eigenvalue weighted by Gasteiger charge is 2.27. The van der Waals surface area contributed by atoms with Crippen molar-refractivity contribution in [1.29, 1.82) is 0 Å². The van der Waals surface area contributed by atoms with E-state index in [9.17, 15) is 9.90 Å². The highest BCUT2D eigenvalue weighted by molar-refractivity contribution is 5.72. The van der Waals surface area contributed by atoms with Gasteiger partial charge in [0.2, 0.25) is 0 Å². The minimum Gasteiger partial charge on any atom is -0.550 e. The van der Waals surface area contributed by atoms with E-state index in [1.165, 1.54) is 0 Å². The number of carbonyl (C=O) groups is 1. The lowest BCUT2D eigenvalue weighted by molar-refractivity contribution is -0.320. The Balaban J connectivity index is 4.35. The molecule has 0 saturated carbocycles. The van der Waals surface area contributed by atoms with Gasteiger partial charge in [-0.15, -0.1) is 0 Å². The smallest absolute Gasteiger partial charge is 0.0476 e. The van der Waals surface area contributed by atoms with E-state index in [0.29, 0.717) is 6.42 Å². The number of unbranched alkanes of at least 4 members (excludes halogenated alkanes) is 1. The number of carbonyl (C=O) groups excluding carboxylic acids is 1. The third-order valence-electron chi connectivity index (χ3n) is 2.85. The van der Waals surface area contributed by atoms with Crippen molar-refractivity contribution in [3.63, 3.8) is 0 Å². The van der Waals surface area contributed by atoms with Crippen molar-refractivity contribution < 1.29 is 9.90 Å². The molecule has 0 saturated heterocycles. The summed E-state index contributed by atoms with van der Waals surface area (Å²) >= 11 is 0. The standard InChI is InChI=1S/C11H22O2/c1-4-7-9-11(6-3,8-5-2)10(12)13/h4-9H2,1-3H3,(H,12,13)/p-1. The van der Waals surface area contributed by atoms with Gasteiger partial charge in [0.05, 0.1) is 0 Å². The van der Waals surface area contributed by atoms with Crippen molar-refractivity contribution in [1.82, 2.24) is 0 Å². The Morgan fingerprint density at radius 1 is 1.15 bits per heavy atom. The molecule has 1 unspecified atom stereocenters. The molecule has 0 rings (SSSR count). The number of aliphatic carboxylic acids is 1. The minimum absolute atomic E-state index is 0.551. The Hall–Kier alpha value is -0.530. The molecular weight excluding hydrogens is 164 g/mol. The summed E-state index contributed by atoms with van der Waals surface area (Å²) in [5.41, 5.74) is -0.551. The Bertz CT molecular complexity index is 154. The first-order valence-electron chi connectivity index (χ1n) is 5.34. The van der Waals surface area contributed by atoms with Gasteiger partial charge in [-0.3, -0.25) is 0 Å². The van der Waals surface area contributed by atoms with Gasteiger partial charge in [-0.1, -0.05) is 40.0 Å². The zero-order valence-corrected chi connectivity index (χ0v) is 9.06. The minimum atomic E-state index is -0.856. The monoisotopic (exact) mass is 185 g/mol. The number of carboxylic acid groups (broad SMARTS) is 1. The van der Waals surface area contributed by atoms with E-state index < -0.39 is 11.4 Å². The van der Waals surface area contributed by atoms with Gasteiger partial charge in [0.15, 0.2) is 0 Å². The topological polar surface area (TPSA) is 40.1 Å². The lowest BCUT2D eigenvalue weighted by atomic mass is 9.76. The van der Waals surface area contributed by atoms with Gasteiger partial charge < -0.3 is 9.90 Å². The van der Waals surface area contributed by atoms with Gasteiger partial charge in [-0.25, -0.2) is 0 Å². The summed E-state index contributed by atoms with van der Waals surface area (Å²) in [7, 11) is 0. The molecule has 2 heteroatoms. The first-order chi connectivity index (χ1) is 6.13. The van der Waals surface area contributed by atoms with E-state index in [1.54, 1.807) is 0 Å². The van der Waals surface area contributed by atoms with Crippen molar-refractivity contribution in [3.8, 4) is 0 Å². The van der Waals surface area contributed by atoms with Crippen LogP contribution in [0.1, 0.15) is 59.3 Å². The van der Waals surface area contributed by atoms with Crippen molar-refractivity contribution >= 4 is 5.97 Å². The van der Waals surface area contributed by atoms with Crippen LogP contribution >= 0.6 is 0 Å². The lowest BCUT2D eigenvalue weighted by Gasteiger charge is -2.33. The molecule has 0 aliphatic rings. The van der Waals surface area contributed by atoms with Crippen molar-refractivity contribution in [2.45, 2.75) is 59.3 Å². The summed E-state index contributed by atoms with van der Waals surface area (Å²) in [6.07, 6.45) is 5.19. The van der Waals surface area contributed by atoms with Crippen molar-refractivity contribution in [3.05, 3.63) is 0 Å².